The fourth-order valence-electron chi connectivity index (χ4n) is 5.22. The van der Waals surface area contributed by atoms with Crippen LogP contribution in [0, 0.1) is 5.41 Å². The van der Waals surface area contributed by atoms with Crippen molar-refractivity contribution < 1.29 is 24.2 Å². The van der Waals surface area contributed by atoms with E-state index in [9.17, 15) is 19.5 Å². The van der Waals surface area contributed by atoms with Crippen molar-refractivity contribution in [3.05, 3.63) is 72.3 Å². The maximum absolute atomic E-state index is 13.2. The maximum atomic E-state index is 13.2. The number of fused-ring (bicyclic) bond motifs is 3. The molecular weight excluding hydrogens is 444 g/mol. The van der Waals surface area contributed by atoms with Crippen molar-refractivity contribution >= 4 is 18.0 Å². The quantitative estimate of drug-likeness (QED) is 0.517. The lowest BCUT2D eigenvalue weighted by atomic mass is 9.84. The number of benzene rings is 2. The second-order valence-electron chi connectivity index (χ2n) is 9.34. The molecule has 1 fully saturated rings. The van der Waals surface area contributed by atoms with Gasteiger partial charge in [-0.25, -0.2) is 4.79 Å². The molecule has 0 spiro atoms. The number of aliphatic carboxylic acids is 1. The van der Waals surface area contributed by atoms with E-state index in [0.717, 1.165) is 22.3 Å². The molecule has 0 radical (unpaired) electrons. The molecule has 2 aromatic rings. The zero-order valence-electron chi connectivity index (χ0n) is 20.0. The first-order valence-electron chi connectivity index (χ1n) is 12.1. The SMILES string of the molecule is C=CCCC(NC(=O)OCC1c2ccccc2-c2ccccc21)C(=O)N1CCC(CC)(C(=O)O)C1. The molecule has 7 heteroatoms. The summed E-state index contributed by atoms with van der Waals surface area (Å²) in [5.41, 5.74) is 3.58. The fourth-order valence-corrected chi connectivity index (χ4v) is 5.22. The van der Waals surface area contributed by atoms with Crippen molar-refractivity contribution in [2.24, 2.45) is 5.41 Å². The molecule has 2 aliphatic rings. The Labute approximate surface area is 205 Å². The van der Waals surface area contributed by atoms with Gasteiger partial charge in [0.15, 0.2) is 0 Å². The Kier molecular flexibility index (Phi) is 7.24. The summed E-state index contributed by atoms with van der Waals surface area (Å²) in [6, 6.07) is 15.4. The van der Waals surface area contributed by atoms with E-state index in [1.165, 1.54) is 0 Å². The van der Waals surface area contributed by atoms with Crippen LogP contribution in [0.15, 0.2) is 61.2 Å². The minimum absolute atomic E-state index is 0.0743. The topological polar surface area (TPSA) is 95.9 Å². The highest BCUT2D eigenvalue weighted by atomic mass is 16.5. The lowest BCUT2D eigenvalue weighted by Gasteiger charge is -2.26. The number of carbonyl (C=O) groups excluding carboxylic acids is 2. The van der Waals surface area contributed by atoms with Crippen LogP contribution in [0.4, 0.5) is 4.79 Å². The summed E-state index contributed by atoms with van der Waals surface area (Å²) in [4.78, 5) is 39.4. The number of alkyl carbamates (subject to hydrolysis) is 1. The number of carboxylic acid groups (broad SMARTS) is 1. The Balaban J connectivity index is 1.42. The first-order valence-corrected chi connectivity index (χ1v) is 12.1. The summed E-state index contributed by atoms with van der Waals surface area (Å²) in [6.07, 6.45) is 2.79. The van der Waals surface area contributed by atoms with E-state index in [1.54, 1.807) is 11.0 Å². The number of hydrogen-bond donors (Lipinski definition) is 2. The van der Waals surface area contributed by atoms with Crippen LogP contribution in [-0.2, 0) is 14.3 Å². The van der Waals surface area contributed by atoms with Crippen molar-refractivity contribution in [2.75, 3.05) is 19.7 Å². The molecule has 0 saturated carbocycles. The standard InChI is InChI=1S/C28H32N2O5/c1-3-5-14-24(25(31)30-16-15-28(4-2,18-30)26(32)33)29-27(34)35-17-23-21-12-8-6-10-19(21)20-11-7-9-13-22(20)23/h3,6-13,23-24H,1,4-5,14-18H2,2H3,(H,29,34)(H,32,33). The van der Waals surface area contributed by atoms with Crippen LogP contribution in [-0.4, -0.2) is 53.7 Å². The van der Waals surface area contributed by atoms with Crippen LogP contribution in [0.5, 0.6) is 0 Å². The maximum Gasteiger partial charge on any atom is 0.407 e. The largest absolute Gasteiger partial charge is 0.481 e. The second-order valence-corrected chi connectivity index (χ2v) is 9.34. The van der Waals surface area contributed by atoms with Gasteiger partial charge in [-0.3, -0.25) is 9.59 Å². The van der Waals surface area contributed by atoms with Crippen LogP contribution in [0.3, 0.4) is 0 Å². The number of ether oxygens (including phenoxy) is 1. The first-order chi connectivity index (χ1) is 16.9. The lowest BCUT2D eigenvalue weighted by molar-refractivity contribution is -0.148. The molecule has 0 bridgehead atoms. The van der Waals surface area contributed by atoms with E-state index in [4.69, 9.17) is 4.74 Å². The number of nitrogens with zero attached hydrogens (tertiary/aromatic N) is 1. The molecule has 2 amide bonds. The molecule has 1 aliphatic carbocycles. The molecule has 1 aliphatic heterocycles. The third-order valence-corrected chi connectivity index (χ3v) is 7.39. The Morgan fingerprint density at radius 2 is 1.80 bits per heavy atom. The van der Waals surface area contributed by atoms with Gasteiger partial charge in [-0.05, 0) is 47.9 Å². The Morgan fingerprint density at radius 3 is 2.34 bits per heavy atom. The van der Waals surface area contributed by atoms with Gasteiger partial charge in [0, 0.05) is 19.0 Å². The van der Waals surface area contributed by atoms with Gasteiger partial charge in [-0.2, -0.15) is 0 Å². The molecule has 2 atom stereocenters. The predicted octanol–water partition coefficient (Wildman–Crippen LogP) is 4.57. The summed E-state index contributed by atoms with van der Waals surface area (Å²) in [6.45, 7) is 6.20. The molecule has 1 saturated heterocycles. The zero-order chi connectivity index (χ0) is 25.0. The summed E-state index contributed by atoms with van der Waals surface area (Å²) in [5, 5.41) is 12.4. The summed E-state index contributed by atoms with van der Waals surface area (Å²) in [5.74, 6) is -1.24. The number of hydrogen-bond acceptors (Lipinski definition) is 4. The van der Waals surface area contributed by atoms with Crippen LogP contribution in [0.2, 0.25) is 0 Å². The number of nitrogens with one attached hydrogen (secondary N) is 1. The molecule has 2 unspecified atom stereocenters. The van der Waals surface area contributed by atoms with Crippen LogP contribution in [0.1, 0.15) is 49.7 Å². The number of likely N-dealkylation sites (tertiary alicyclic amines) is 1. The third-order valence-electron chi connectivity index (χ3n) is 7.39. The first kappa shape index (κ1) is 24.5. The van der Waals surface area contributed by atoms with Crippen molar-refractivity contribution in [1.29, 1.82) is 0 Å². The number of carbonyl (C=O) groups is 3. The van der Waals surface area contributed by atoms with E-state index >= 15 is 0 Å². The minimum atomic E-state index is -0.928. The second kappa shape index (κ2) is 10.3. The van der Waals surface area contributed by atoms with Crippen LogP contribution < -0.4 is 5.32 Å². The summed E-state index contributed by atoms with van der Waals surface area (Å²) in [7, 11) is 0. The van der Waals surface area contributed by atoms with Gasteiger partial charge in [0.1, 0.15) is 12.6 Å². The van der Waals surface area contributed by atoms with Gasteiger partial charge in [0.2, 0.25) is 5.91 Å². The summed E-state index contributed by atoms with van der Waals surface area (Å²) < 4.78 is 5.62. The third kappa shape index (κ3) is 4.81. The number of amides is 2. The van der Waals surface area contributed by atoms with E-state index < -0.39 is 23.5 Å². The average molecular weight is 477 g/mol. The molecule has 2 aromatic carbocycles. The monoisotopic (exact) mass is 476 g/mol. The van der Waals surface area contributed by atoms with Gasteiger partial charge < -0.3 is 20.1 Å². The van der Waals surface area contributed by atoms with E-state index in [2.05, 4.69) is 24.0 Å². The van der Waals surface area contributed by atoms with Crippen LogP contribution >= 0.6 is 0 Å². The van der Waals surface area contributed by atoms with Gasteiger partial charge in [-0.15, -0.1) is 6.58 Å². The van der Waals surface area contributed by atoms with Crippen molar-refractivity contribution in [3.8, 4) is 11.1 Å². The lowest BCUT2D eigenvalue weighted by Crippen LogP contribution is -2.49. The Morgan fingerprint density at radius 1 is 1.17 bits per heavy atom. The molecule has 4 rings (SSSR count). The van der Waals surface area contributed by atoms with Gasteiger partial charge in [-0.1, -0.05) is 61.5 Å². The molecular formula is C28H32N2O5. The Hall–Kier alpha value is -3.61. The average Bonchev–Trinajstić information content (AvgIpc) is 3.46. The molecule has 1 heterocycles. The zero-order valence-corrected chi connectivity index (χ0v) is 20.0. The molecule has 7 nitrogen and oxygen atoms in total. The highest BCUT2D eigenvalue weighted by molar-refractivity contribution is 5.87. The van der Waals surface area contributed by atoms with Crippen molar-refractivity contribution in [3.63, 3.8) is 0 Å². The Bertz CT molecular complexity index is 1080. The highest BCUT2D eigenvalue weighted by Gasteiger charge is 2.45. The van der Waals surface area contributed by atoms with Crippen molar-refractivity contribution in [2.45, 2.75) is 44.6 Å². The minimum Gasteiger partial charge on any atom is -0.481 e. The normalized spacial score (nSPS) is 19.5. The van der Waals surface area contributed by atoms with Crippen LogP contribution in [0.25, 0.3) is 11.1 Å². The highest BCUT2D eigenvalue weighted by Crippen LogP contribution is 2.44. The van der Waals surface area contributed by atoms with E-state index in [0.29, 0.717) is 32.2 Å². The smallest absolute Gasteiger partial charge is 0.407 e. The predicted molar refractivity (Wildman–Crippen MR) is 133 cm³/mol. The molecule has 35 heavy (non-hydrogen) atoms. The number of carboxylic acids is 1. The van der Waals surface area contributed by atoms with E-state index in [-0.39, 0.29) is 25.0 Å². The molecule has 184 valence electrons. The summed E-state index contributed by atoms with van der Waals surface area (Å²) >= 11 is 0. The van der Waals surface area contributed by atoms with Crippen molar-refractivity contribution in [1.82, 2.24) is 10.2 Å². The molecule has 0 aromatic heterocycles. The fraction of sp³-hybridized carbons (Fsp3) is 0.393. The number of rotatable bonds is 9. The number of allylic oxidation sites excluding steroid dienone is 1. The van der Waals surface area contributed by atoms with Gasteiger partial charge in [0.25, 0.3) is 0 Å². The van der Waals surface area contributed by atoms with Gasteiger partial charge >= 0.3 is 12.1 Å². The molecule has 2 N–H and O–H groups in total. The van der Waals surface area contributed by atoms with Gasteiger partial charge in [0.05, 0.1) is 5.41 Å². The van der Waals surface area contributed by atoms with E-state index in [1.807, 2.05) is 43.3 Å².